The maximum absolute atomic E-state index is 12.5. The van der Waals surface area contributed by atoms with Crippen LogP contribution in [0.25, 0.3) is 0 Å². The summed E-state index contributed by atoms with van der Waals surface area (Å²) in [5, 5.41) is 0. The highest BCUT2D eigenvalue weighted by atomic mass is 16.2. The van der Waals surface area contributed by atoms with Crippen LogP contribution in [0.15, 0.2) is 30.6 Å². The predicted octanol–water partition coefficient (Wildman–Crippen LogP) is 1.93. The van der Waals surface area contributed by atoms with Crippen molar-refractivity contribution in [2.75, 3.05) is 49.1 Å². The Balaban J connectivity index is 1.39. The van der Waals surface area contributed by atoms with Gasteiger partial charge in [-0.3, -0.25) is 4.79 Å². The van der Waals surface area contributed by atoms with Gasteiger partial charge >= 0.3 is 0 Å². The summed E-state index contributed by atoms with van der Waals surface area (Å²) in [6.07, 6.45) is 7.64. The van der Waals surface area contributed by atoms with Gasteiger partial charge in [0.1, 0.15) is 12.4 Å². The number of carbonyl (C=O) groups is 1. The van der Waals surface area contributed by atoms with E-state index in [-0.39, 0.29) is 5.91 Å². The van der Waals surface area contributed by atoms with Gasteiger partial charge in [0.15, 0.2) is 0 Å². The summed E-state index contributed by atoms with van der Waals surface area (Å²) < 4.78 is 1.92. The van der Waals surface area contributed by atoms with E-state index >= 15 is 0 Å². The van der Waals surface area contributed by atoms with E-state index in [1.54, 1.807) is 0 Å². The molecule has 0 atom stereocenters. The van der Waals surface area contributed by atoms with Crippen molar-refractivity contribution in [3.05, 3.63) is 36.3 Å². The molecule has 4 rings (SSSR count). The minimum absolute atomic E-state index is 0.171. The van der Waals surface area contributed by atoms with Crippen molar-refractivity contribution in [2.45, 2.75) is 32.7 Å². The van der Waals surface area contributed by atoms with Crippen molar-refractivity contribution in [3.8, 4) is 0 Å². The first kappa shape index (κ1) is 17.8. The van der Waals surface area contributed by atoms with Crippen molar-refractivity contribution in [1.82, 2.24) is 19.4 Å². The van der Waals surface area contributed by atoms with Gasteiger partial charge < -0.3 is 19.3 Å². The Morgan fingerprint density at radius 1 is 0.926 bits per heavy atom. The van der Waals surface area contributed by atoms with Gasteiger partial charge in [0.05, 0.1) is 0 Å². The van der Waals surface area contributed by atoms with E-state index in [0.29, 0.717) is 6.54 Å². The maximum Gasteiger partial charge on any atom is 0.242 e. The second-order valence-corrected chi connectivity index (χ2v) is 7.44. The topological polar surface area (TPSA) is 57.5 Å². The van der Waals surface area contributed by atoms with Crippen LogP contribution < -0.4 is 9.80 Å². The first-order valence-corrected chi connectivity index (χ1v) is 9.93. The van der Waals surface area contributed by atoms with Crippen LogP contribution in [-0.4, -0.2) is 64.6 Å². The summed E-state index contributed by atoms with van der Waals surface area (Å²) in [5.74, 6) is 2.02. The molecule has 0 spiro atoms. The number of nitrogens with zero attached hydrogens (tertiary/aromatic N) is 6. The van der Waals surface area contributed by atoms with Crippen LogP contribution in [-0.2, 0) is 11.3 Å². The summed E-state index contributed by atoms with van der Waals surface area (Å²) in [7, 11) is 0. The quantitative estimate of drug-likeness (QED) is 0.825. The third-order valence-corrected chi connectivity index (χ3v) is 5.41. The van der Waals surface area contributed by atoms with E-state index in [9.17, 15) is 4.79 Å². The zero-order valence-electron chi connectivity index (χ0n) is 16.0. The smallest absolute Gasteiger partial charge is 0.242 e. The lowest BCUT2D eigenvalue weighted by molar-refractivity contribution is -0.132. The maximum atomic E-state index is 12.5. The highest BCUT2D eigenvalue weighted by molar-refractivity contribution is 5.76. The Morgan fingerprint density at radius 2 is 1.63 bits per heavy atom. The van der Waals surface area contributed by atoms with Crippen molar-refractivity contribution in [2.24, 2.45) is 0 Å². The molecule has 2 saturated heterocycles. The van der Waals surface area contributed by atoms with Gasteiger partial charge in [-0.2, -0.15) is 4.98 Å². The minimum Gasteiger partial charge on any atom is -0.356 e. The van der Waals surface area contributed by atoms with Gasteiger partial charge in [-0.05, 0) is 38.3 Å². The Hall–Kier alpha value is -2.57. The molecule has 0 saturated carbocycles. The molecule has 0 radical (unpaired) electrons. The monoisotopic (exact) mass is 368 g/mol. The Bertz CT molecular complexity index is 761. The zero-order chi connectivity index (χ0) is 18.6. The highest BCUT2D eigenvalue weighted by Crippen LogP contribution is 2.22. The number of aromatic nitrogens is 3. The summed E-state index contributed by atoms with van der Waals surface area (Å²) in [6.45, 7) is 7.60. The molecule has 2 aromatic heterocycles. The number of hydrogen-bond acceptors (Lipinski definition) is 5. The summed E-state index contributed by atoms with van der Waals surface area (Å²) in [5.41, 5.74) is 1.01. The molecule has 0 bridgehead atoms. The van der Waals surface area contributed by atoms with E-state index in [4.69, 9.17) is 4.98 Å². The largest absolute Gasteiger partial charge is 0.356 e. The molecule has 2 fully saturated rings. The molecule has 0 aromatic carbocycles. The molecular formula is C20H28N6O. The van der Waals surface area contributed by atoms with Crippen LogP contribution in [0.5, 0.6) is 0 Å². The number of piperidine rings is 1. The first-order chi connectivity index (χ1) is 13.2. The highest BCUT2D eigenvalue weighted by Gasteiger charge is 2.24. The van der Waals surface area contributed by atoms with E-state index in [0.717, 1.165) is 56.7 Å². The number of carbonyl (C=O) groups excluding carboxylic acids is 1. The van der Waals surface area contributed by atoms with Gasteiger partial charge in [-0.15, -0.1) is 0 Å². The number of amides is 1. The molecule has 7 heteroatoms. The van der Waals surface area contributed by atoms with Crippen LogP contribution in [0, 0.1) is 6.92 Å². The molecular weight excluding hydrogens is 340 g/mol. The first-order valence-electron chi connectivity index (χ1n) is 9.93. The number of rotatable bonds is 4. The molecule has 4 heterocycles. The van der Waals surface area contributed by atoms with Crippen molar-refractivity contribution in [1.29, 1.82) is 0 Å². The number of anilines is 2. The zero-order valence-corrected chi connectivity index (χ0v) is 16.0. The molecule has 2 aliphatic heterocycles. The normalized spacial score (nSPS) is 18.0. The van der Waals surface area contributed by atoms with E-state index in [2.05, 4.69) is 20.9 Å². The second kappa shape index (κ2) is 7.98. The van der Waals surface area contributed by atoms with Crippen molar-refractivity contribution < 1.29 is 4.79 Å². The van der Waals surface area contributed by atoms with Crippen molar-refractivity contribution in [3.63, 3.8) is 0 Å². The molecule has 1 amide bonds. The van der Waals surface area contributed by atoms with Gasteiger partial charge in [0.25, 0.3) is 0 Å². The van der Waals surface area contributed by atoms with Gasteiger partial charge in [-0.25, -0.2) is 4.98 Å². The van der Waals surface area contributed by atoms with Crippen LogP contribution >= 0.6 is 0 Å². The van der Waals surface area contributed by atoms with E-state index < -0.39 is 0 Å². The van der Waals surface area contributed by atoms with E-state index in [1.165, 1.54) is 19.3 Å². The van der Waals surface area contributed by atoms with Gasteiger partial charge in [0, 0.05) is 63.4 Å². The average molecular weight is 368 g/mol. The lowest BCUT2D eigenvalue weighted by Crippen LogP contribution is -2.50. The predicted molar refractivity (Wildman–Crippen MR) is 106 cm³/mol. The molecule has 0 aliphatic carbocycles. The summed E-state index contributed by atoms with van der Waals surface area (Å²) >= 11 is 0. The Labute approximate surface area is 160 Å². The lowest BCUT2D eigenvalue weighted by Gasteiger charge is -2.35. The van der Waals surface area contributed by atoms with Gasteiger partial charge in [0.2, 0.25) is 11.9 Å². The third-order valence-electron chi connectivity index (χ3n) is 5.41. The molecule has 7 nitrogen and oxygen atoms in total. The number of piperazine rings is 1. The van der Waals surface area contributed by atoms with Crippen LogP contribution in [0.2, 0.25) is 0 Å². The molecule has 2 aromatic rings. The molecule has 0 unspecified atom stereocenters. The van der Waals surface area contributed by atoms with Crippen LogP contribution in [0.3, 0.4) is 0 Å². The Kier molecular flexibility index (Phi) is 5.27. The fourth-order valence-corrected chi connectivity index (χ4v) is 3.85. The molecule has 0 N–H and O–H groups in total. The SMILES string of the molecule is Cc1cc(N2CCCCC2)nc(N2CCN(C(=O)Cn3cccc3)CC2)n1. The van der Waals surface area contributed by atoms with Crippen molar-refractivity contribution >= 4 is 17.7 Å². The molecule has 144 valence electrons. The lowest BCUT2D eigenvalue weighted by atomic mass is 10.1. The standard InChI is InChI=1S/C20H28N6O/c1-17-15-18(24-9-3-2-4-10-24)22-20(21-17)26-13-11-25(12-14-26)19(27)16-23-7-5-6-8-23/h5-8,15H,2-4,9-14,16H2,1H3. The van der Waals surface area contributed by atoms with Gasteiger partial charge in [-0.1, -0.05) is 0 Å². The number of aryl methyl sites for hydroxylation is 1. The number of hydrogen-bond donors (Lipinski definition) is 0. The Morgan fingerprint density at radius 3 is 2.33 bits per heavy atom. The summed E-state index contributed by atoms with van der Waals surface area (Å²) in [6, 6.07) is 5.98. The van der Waals surface area contributed by atoms with Crippen LogP contribution in [0.1, 0.15) is 25.0 Å². The molecule has 2 aliphatic rings. The second-order valence-electron chi connectivity index (χ2n) is 7.44. The fraction of sp³-hybridized carbons (Fsp3) is 0.550. The van der Waals surface area contributed by atoms with Crippen LogP contribution in [0.4, 0.5) is 11.8 Å². The minimum atomic E-state index is 0.171. The third kappa shape index (κ3) is 4.23. The molecule has 27 heavy (non-hydrogen) atoms. The fourth-order valence-electron chi connectivity index (χ4n) is 3.85. The average Bonchev–Trinajstić information content (AvgIpc) is 3.21. The van der Waals surface area contributed by atoms with E-state index in [1.807, 2.05) is 40.9 Å². The summed E-state index contributed by atoms with van der Waals surface area (Å²) in [4.78, 5) is 28.5.